The highest BCUT2D eigenvalue weighted by molar-refractivity contribution is 6.30. The molecule has 0 amide bonds. The van der Waals surface area contributed by atoms with Gasteiger partial charge < -0.3 is 9.47 Å². The van der Waals surface area contributed by atoms with Crippen molar-refractivity contribution in [2.45, 2.75) is 6.61 Å². The van der Waals surface area contributed by atoms with E-state index >= 15 is 0 Å². The zero-order chi connectivity index (χ0) is 14.7. The van der Waals surface area contributed by atoms with Crippen LogP contribution in [-0.4, -0.2) is 17.6 Å². The minimum absolute atomic E-state index is 0.138. The molecule has 1 aliphatic heterocycles. The maximum absolute atomic E-state index is 12.0. The number of rotatable bonds is 3. The number of ether oxygens (including phenoxy) is 2. The summed E-state index contributed by atoms with van der Waals surface area (Å²) in [7, 11) is 0. The molecular weight excluding hydrogens is 290 g/mol. The van der Waals surface area contributed by atoms with Crippen molar-refractivity contribution >= 4 is 23.6 Å². The van der Waals surface area contributed by atoms with Crippen LogP contribution in [0.3, 0.4) is 0 Å². The van der Waals surface area contributed by atoms with Crippen molar-refractivity contribution in [3.8, 4) is 5.75 Å². The molecule has 0 saturated heterocycles. The molecule has 0 atom stereocenters. The smallest absolute Gasteiger partial charge is 0.337 e. The molecule has 3 rings (SSSR count). The van der Waals surface area contributed by atoms with Gasteiger partial charge in [0.2, 0.25) is 0 Å². The first-order chi connectivity index (χ1) is 10.2. The van der Waals surface area contributed by atoms with Crippen LogP contribution >= 0.6 is 11.6 Å². The van der Waals surface area contributed by atoms with Crippen LogP contribution in [0.25, 0.3) is 6.08 Å². The van der Waals surface area contributed by atoms with Crippen LogP contribution in [0.1, 0.15) is 11.3 Å². The van der Waals surface area contributed by atoms with Crippen molar-refractivity contribution in [3.05, 3.63) is 64.4 Å². The third-order valence-electron chi connectivity index (χ3n) is 3.02. The van der Waals surface area contributed by atoms with Gasteiger partial charge in [-0.25, -0.2) is 4.79 Å². The molecule has 0 bridgehead atoms. The van der Waals surface area contributed by atoms with Gasteiger partial charge in [-0.3, -0.25) is 4.98 Å². The van der Waals surface area contributed by atoms with Crippen LogP contribution in [0, 0.1) is 0 Å². The highest BCUT2D eigenvalue weighted by atomic mass is 35.5. The van der Waals surface area contributed by atoms with E-state index < -0.39 is 5.97 Å². The van der Waals surface area contributed by atoms with Gasteiger partial charge in [0.15, 0.2) is 0 Å². The number of hydrogen-bond donors (Lipinski definition) is 0. The molecule has 0 spiro atoms. The molecule has 2 aromatic rings. The molecule has 0 fully saturated rings. The summed E-state index contributed by atoms with van der Waals surface area (Å²) in [6.45, 7) is 0.328. The highest BCUT2D eigenvalue weighted by Crippen LogP contribution is 2.29. The molecule has 2 heterocycles. The van der Waals surface area contributed by atoms with Crippen LogP contribution in [0.5, 0.6) is 5.75 Å². The van der Waals surface area contributed by atoms with Gasteiger partial charge in [-0.1, -0.05) is 17.7 Å². The molecule has 4 nitrogen and oxygen atoms in total. The Bertz CT molecular complexity index is 698. The van der Waals surface area contributed by atoms with E-state index in [4.69, 9.17) is 21.1 Å². The zero-order valence-corrected chi connectivity index (χ0v) is 11.8. The minimum atomic E-state index is -0.411. The van der Waals surface area contributed by atoms with Crippen LogP contribution in [-0.2, 0) is 16.1 Å². The largest absolute Gasteiger partial charge is 0.488 e. The second kappa shape index (κ2) is 5.97. The Labute approximate surface area is 127 Å². The van der Waals surface area contributed by atoms with Gasteiger partial charge in [-0.2, -0.15) is 0 Å². The molecule has 5 heteroatoms. The van der Waals surface area contributed by atoms with Crippen LogP contribution in [0.2, 0.25) is 5.02 Å². The summed E-state index contributed by atoms with van der Waals surface area (Å²) in [4.78, 5) is 16.1. The van der Waals surface area contributed by atoms with E-state index in [0.29, 0.717) is 22.0 Å². The molecule has 1 aromatic carbocycles. The second-order valence-corrected chi connectivity index (χ2v) is 4.97. The average molecular weight is 302 g/mol. The van der Waals surface area contributed by atoms with Crippen molar-refractivity contribution in [1.82, 2.24) is 4.98 Å². The first kappa shape index (κ1) is 13.6. The van der Waals surface area contributed by atoms with E-state index in [2.05, 4.69) is 4.98 Å². The van der Waals surface area contributed by atoms with Crippen LogP contribution in [0.4, 0.5) is 0 Å². The van der Waals surface area contributed by atoms with E-state index in [-0.39, 0.29) is 13.2 Å². The third kappa shape index (κ3) is 3.23. The third-order valence-corrected chi connectivity index (χ3v) is 3.26. The van der Waals surface area contributed by atoms with Crippen LogP contribution in [0.15, 0.2) is 48.2 Å². The lowest BCUT2D eigenvalue weighted by molar-refractivity contribution is -0.140. The SMILES string of the molecule is O=C(OCc1ccccn1)C1=Cc2cc(Cl)ccc2OC1. The Balaban J connectivity index is 1.71. The first-order valence-electron chi connectivity index (χ1n) is 6.42. The Hall–Kier alpha value is -2.33. The summed E-state index contributed by atoms with van der Waals surface area (Å²) >= 11 is 5.94. The molecule has 0 radical (unpaired) electrons. The number of fused-ring (bicyclic) bond motifs is 1. The van der Waals surface area contributed by atoms with E-state index in [1.54, 1.807) is 36.5 Å². The van der Waals surface area contributed by atoms with E-state index in [0.717, 1.165) is 5.56 Å². The maximum Gasteiger partial charge on any atom is 0.337 e. The lowest BCUT2D eigenvalue weighted by Crippen LogP contribution is -2.17. The number of pyridine rings is 1. The number of aromatic nitrogens is 1. The fourth-order valence-corrected chi connectivity index (χ4v) is 2.16. The fourth-order valence-electron chi connectivity index (χ4n) is 1.98. The van der Waals surface area contributed by atoms with E-state index in [9.17, 15) is 4.79 Å². The topological polar surface area (TPSA) is 48.4 Å². The monoisotopic (exact) mass is 301 g/mol. The van der Waals surface area contributed by atoms with Gasteiger partial charge in [0, 0.05) is 16.8 Å². The van der Waals surface area contributed by atoms with Crippen molar-refractivity contribution in [2.24, 2.45) is 0 Å². The van der Waals surface area contributed by atoms with Crippen molar-refractivity contribution in [3.63, 3.8) is 0 Å². The summed E-state index contributed by atoms with van der Waals surface area (Å²) in [5.41, 5.74) is 1.94. The summed E-state index contributed by atoms with van der Waals surface area (Å²) in [5, 5.41) is 0.594. The van der Waals surface area contributed by atoms with E-state index in [1.165, 1.54) is 0 Å². The molecular formula is C16H12ClNO3. The Morgan fingerprint density at radius 3 is 3.05 bits per heavy atom. The highest BCUT2D eigenvalue weighted by Gasteiger charge is 2.18. The number of carbonyl (C=O) groups excluding carboxylic acids is 1. The number of carbonyl (C=O) groups is 1. The van der Waals surface area contributed by atoms with Crippen molar-refractivity contribution in [2.75, 3.05) is 6.61 Å². The summed E-state index contributed by atoms with van der Waals surface area (Å²) < 4.78 is 10.8. The number of hydrogen-bond acceptors (Lipinski definition) is 4. The standard InChI is InChI=1S/C16H12ClNO3/c17-13-4-5-15-11(8-13)7-12(9-20-15)16(19)21-10-14-3-1-2-6-18-14/h1-8H,9-10H2. The van der Waals surface area contributed by atoms with Gasteiger partial charge >= 0.3 is 5.97 Å². The summed E-state index contributed by atoms with van der Waals surface area (Å²) in [6.07, 6.45) is 3.40. The first-order valence-corrected chi connectivity index (χ1v) is 6.80. The van der Waals surface area contributed by atoms with Gasteiger partial charge in [-0.05, 0) is 36.4 Å². The molecule has 1 aromatic heterocycles. The van der Waals surface area contributed by atoms with Crippen molar-refractivity contribution < 1.29 is 14.3 Å². The van der Waals surface area contributed by atoms with Gasteiger partial charge in [0.1, 0.15) is 19.0 Å². The van der Waals surface area contributed by atoms with Gasteiger partial charge in [-0.15, -0.1) is 0 Å². The van der Waals surface area contributed by atoms with E-state index in [1.807, 2.05) is 12.1 Å². The molecule has 106 valence electrons. The second-order valence-electron chi connectivity index (χ2n) is 4.54. The Morgan fingerprint density at radius 1 is 1.33 bits per heavy atom. The molecule has 0 aliphatic carbocycles. The van der Waals surface area contributed by atoms with Gasteiger partial charge in [0.05, 0.1) is 11.3 Å². The summed E-state index contributed by atoms with van der Waals surface area (Å²) in [5.74, 6) is 0.298. The molecule has 0 unspecified atom stereocenters. The number of esters is 1. The minimum Gasteiger partial charge on any atom is -0.488 e. The fraction of sp³-hybridized carbons (Fsp3) is 0.125. The maximum atomic E-state index is 12.0. The number of nitrogens with zero attached hydrogens (tertiary/aromatic N) is 1. The molecule has 0 N–H and O–H groups in total. The number of benzene rings is 1. The van der Waals surface area contributed by atoms with Gasteiger partial charge in [0.25, 0.3) is 0 Å². The zero-order valence-electron chi connectivity index (χ0n) is 11.1. The molecule has 21 heavy (non-hydrogen) atoms. The van der Waals surface area contributed by atoms with Crippen LogP contribution < -0.4 is 4.74 Å². The molecule has 0 saturated carbocycles. The Kier molecular flexibility index (Phi) is 3.88. The Morgan fingerprint density at radius 2 is 2.24 bits per heavy atom. The summed E-state index contributed by atoms with van der Waals surface area (Å²) in [6, 6.07) is 10.7. The number of halogens is 1. The predicted octanol–water partition coefficient (Wildman–Crippen LogP) is 3.25. The van der Waals surface area contributed by atoms with Crippen molar-refractivity contribution in [1.29, 1.82) is 0 Å². The normalized spacial score (nSPS) is 12.9. The lowest BCUT2D eigenvalue weighted by atomic mass is 10.1. The quantitative estimate of drug-likeness (QED) is 0.817. The molecule has 1 aliphatic rings. The predicted molar refractivity (Wildman–Crippen MR) is 79.0 cm³/mol. The average Bonchev–Trinajstić information content (AvgIpc) is 2.53. The lowest BCUT2D eigenvalue weighted by Gasteiger charge is -2.17.